The van der Waals surface area contributed by atoms with Gasteiger partial charge in [0.1, 0.15) is 0 Å². The molecule has 0 amide bonds. The number of fused-ring (bicyclic) bond motifs is 6. The fourth-order valence-corrected chi connectivity index (χ4v) is 14.6. The van der Waals surface area contributed by atoms with Gasteiger partial charge in [-0.15, -0.1) is 11.3 Å². The Morgan fingerprint density at radius 3 is 1.45 bits per heavy atom. The van der Waals surface area contributed by atoms with Crippen molar-refractivity contribution >= 4 is 82.1 Å². The molecule has 6 heteroatoms. The number of rotatable bonds is 9. The zero-order valence-electron chi connectivity index (χ0n) is 58.7. The third-order valence-corrected chi connectivity index (χ3v) is 17.8. The number of aromatic nitrogens is 4. The van der Waals surface area contributed by atoms with E-state index in [9.17, 15) is 13.7 Å². The first kappa shape index (κ1) is 23.4. The van der Waals surface area contributed by atoms with Gasteiger partial charge in [0.25, 0.3) is 0 Å². The Kier molecular flexibility index (Phi) is 5.76. The normalized spacial score (nSPS) is 16.4. The summed E-state index contributed by atoms with van der Waals surface area (Å²) in [6.07, 6.45) is 0. The van der Waals surface area contributed by atoms with Crippen molar-refractivity contribution < 1.29 is 31.5 Å². The lowest BCUT2D eigenvalue weighted by Crippen LogP contribution is -2.74. The third-order valence-electron chi connectivity index (χ3n) is 12.0. The molecule has 0 fully saturated rings. The predicted octanol–water partition coefficient (Wildman–Crippen LogP) is 13.4. The van der Waals surface area contributed by atoms with Crippen LogP contribution >= 0.6 is 11.3 Å². The lowest BCUT2D eigenvalue weighted by molar-refractivity contribution is 1.06. The average molecular weight is 938 g/mol. The summed E-state index contributed by atoms with van der Waals surface area (Å²) in [7, 11) is -3.21. The van der Waals surface area contributed by atoms with Gasteiger partial charge < -0.3 is 4.57 Å². The molecule has 0 unspecified atom stereocenters. The Hall–Kier alpha value is -8.55. The molecule has 324 valence electrons. The predicted molar refractivity (Wildman–Crippen MR) is 292 cm³/mol. The van der Waals surface area contributed by atoms with E-state index >= 15 is 0 Å². The molecular formula is C63H42N4SSi. The smallest absolute Gasteiger partial charge is 0.179 e. The highest BCUT2D eigenvalue weighted by atomic mass is 32.1. The van der Waals surface area contributed by atoms with Gasteiger partial charge in [0.15, 0.2) is 25.5 Å². The quantitative estimate of drug-likeness (QED) is 0.107. The standard InChI is InChI=1S/C63H42N4SSi/c1-4-18-47(19-5-1)69(48-20-6-2-7-21-48,49-22-8-3-9-23-49)50-39-36-45(37-40-50)62-64-61(44-34-32-43(33-35-44)46-38-41-60-55(42-46)53-26-13-17-31-59(53)68-60)65-63(66-62)54-27-12-16-30-58(54)67-56-28-14-10-24-51(56)52-25-11-15-29-57(52)67/h1-42H/i10D,11D,12D,13D,14D,15D,16D,17D,24D,25D,26D,27D,28D,29D,30D,31D,32D,33D,34D,35D,38D,41D,42D. The van der Waals surface area contributed by atoms with Gasteiger partial charge in [-0.3, -0.25) is 0 Å². The van der Waals surface area contributed by atoms with Crippen molar-refractivity contribution in [3.05, 3.63) is 254 Å². The summed E-state index contributed by atoms with van der Waals surface area (Å²) in [6.45, 7) is 0. The monoisotopic (exact) mass is 937 g/mol. The summed E-state index contributed by atoms with van der Waals surface area (Å²) in [5.74, 6) is -1.58. The van der Waals surface area contributed by atoms with Gasteiger partial charge in [0.05, 0.1) is 48.2 Å². The summed E-state index contributed by atoms with van der Waals surface area (Å²) in [5.41, 5.74) is -3.97. The van der Waals surface area contributed by atoms with Crippen molar-refractivity contribution in [2.24, 2.45) is 0 Å². The van der Waals surface area contributed by atoms with E-state index in [4.69, 9.17) is 32.8 Å². The van der Waals surface area contributed by atoms with Gasteiger partial charge >= 0.3 is 0 Å². The Bertz CT molecular complexity index is 5180. The Morgan fingerprint density at radius 1 is 0.362 bits per heavy atom. The Labute approximate surface area is 437 Å². The van der Waals surface area contributed by atoms with E-state index in [1.54, 1.807) is 12.1 Å². The van der Waals surface area contributed by atoms with Crippen LogP contribution in [0.4, 0.5) is 0 Å². The molecule has 3 aromatic heterocycles. The third kappa shape index (κ3) is 6.91. The highest BCUT2D eigenvalue weighted by molar-refractivity contribution is 7.25. The van der Waals surface area contributed by atoms with Crippen molar-refractivity contribution in [2.45, 2.75) is 0 Å². The molecule has 69 heavy (non-hydrogen) atoms. The minimum atomic E-state index is -3.21. The lowest BCUT2D eigenvalue weighted by atomic mass is 10.0. The minimum absolute atomic E-state index is 0.0149. The van der Waals surface area contributed by atoms with Crippen molar-refractivity contribution in [1.29, 1.82) is 0 Å². The van der Waals surface area contributed by atoms with Gasteiger partial charge in [-0.1, -0.05) is 212 Å². The number of thiophene rings is 1. The van der Waals surface area contributed by atoms with E-state index in [1.807, 2.05) is 66.7 Å². The Balaban J connectivity index is 1.13. The summed E-state index contributed by atoms with van der Waals surface area (Å²) in [6, 6.07) is 19.6. The van der Waals surface area contributed by atoms with Crippen LogP contribution in [-0.2, 0) is 0 Å². The molecule has 0 bridgehead atoms. The molecule has 3 heterocycles. The van der Waals surface area contributed by atoms with Gasteiger partial charge in [-0.05, 0) is 74.2 Å². The first-order valence-corrected chi connectivity index (χ1v) is 24.3. The zero-order chi connectivity index (χ0) is 65.7. The van der Waals surface area contributed by atoms with Gasteiger partial charge in [-0.2, -0.15) is 0 Å². The lowest BCUT2D eigenvalue weighted by Gasteiger charge is -2.34. The van der Waals surface area contributed by atoms with E-state index < -0.39 is 208 Å². The Morgan fingerprint density at radius 2 is 0.826 bits per heavy atom. The van der Waals surface area contributed by atoms with E-state index in [1.165, 1.54) is 0 Å². The summed E-state index contributed by atoms with van der Waals surface area (Å²) >= 11 is 0.763. The first-order chi connectivity index (χ1) is 43.8. The molecule has 0 aliphatic heterocycles. The number of benzene rings is 10. The van der Waals surface area contributed by atoms with Gasteiger partial charge in [0.2, 0.25) is 0 Å². The highest BCUT2D eigenvalue weighted by Gasteiger charge is 2.41. The molecule has 13 rings (SSSR count). The maximum Gasteiger partial charge on any atom is 0.179 e. The van der Waals surface area contributed by atoms with Crippen molar-refractivity contribution in [1.82, 2.24) is 19.5 Å². The van der Waals surface area contributed by atoms with Crippen LogP contribution < -0.4 is 20.7 Å². The molecule has 0 spiro atoms. The maximum atomic E-state index is 9.74. The summed E-state index contributed by atoms with van der Waals surface area (Å²) in [5, 5.41) is 2.79. The van der Waals surface area contributed by atoms with Crippen LogP contribution in [0.2, 0.25) is 0 Å². The second-order valence-electron chi connectivity index (χ2n) is 15.7. The summed E-state index contributed by atoms with van der Waals surface area (Å²) < 4.78 is 211. The van der Waals surface area contributed by atoms with E-state index in [2.05, 4.69) is 36.4 Å². The van der Waals surface area contributed by atoms with Crippen LogP contribution in [0.25, 0.3) is 93.0 Å². The second kappa shape index (κ2) is 17.0. The van der Waals surface area contributed by atoms with Crippen molar-refractivity contribution in [2.75, 3.05) is 0 Å². The van der Waals surface area contributed by atoms with Crippen LogP contribution in [0, 0.1) is 0 Å². The van der Waals surface area contributed by atoms with E-state index in [0.29, 0.717) is 0 Å². The molecule has 0 saturated carbocycles. The average Bonchev–Trinajstić information content (AvgIpc) is 1.23. The fraction of sp³-hybridized carbons (Fsp3) is 0. The molecule has 0 atom stereocenters. The maximum absolute atomic E-state index is 9.74. The number of nitrogens with zero attached hydrogens (tertiary/aromatic N) is 4. The fourth-order valence-electron chi connectivity index (χ4n) is 8.92. The number of para-hydroxylation sites is 3. The topological polar surface area (TPSA) is 43.6 Å². The largest absolute Gasteiger partial charge is 0.309 e. The molecule has 0 aliphatic carbocycles. The van der Waals surface area contributed by atoms with E-state index in [0.717, 1.165) is 36.7 Å². The van der Waals surface area contributed by atoms with Crippen LogP contribution in [-0.4, -0.2) is 27.6 Å². The highest BCUT2D eigenvalue weighted by Crippen LogP contribution is 2.38. The van der Waals surface area contributed by atoms with Gasteiger partial charge in [0, 0.05) is 47.6 Å². The number of hydrogen-bond donors (Lipinski definition) is 0. The first-order valence-electron chi connectivity index (χ1n) is 33.0. The molecule has 13 aromatic rings. The van der Waals surface area contributed by atoms with Crippen LogP contribution in [0.15, 0.2) is 254 Å². The SMILES string of the molecule is [2H]c1c([2H])c([2H])c(-n2c3c([2H])c([2H])c([2H])c([2H])c3c3c([2H])c([2H])c([2H])c([2H])c32)c(-c2nc(-c3ccc([Si](c4ccccc4)(c4ccccc4)c4ccccc4)cc3)nc(-c3c([2H])c([2H])c(-c4c([2H])c([2H])c5sc6c([2H])c([2H])c([2H])c([2H])c6c5c4[2H])c([2H])c3[2H])n2)c1[2H]. The summed E-state index contributed by atoms with van der Waals surface area (Å²) in [4.78, 5) is 14.4. The minimum Gasteiger partial charge on any atom is -0.309 e. The molecule has 4 nitrogen and oxygen atoms in total. The van der Waals surface area contributed by atoms with Crippen LogP contribution in [0.3, 0.4) is 0 Å². The van der Waals surface area contributed by atoms with Crippen molar-refractivity contribution in [3.63, 3.8) is 0 Å². The zero-order valence-corrected chi connectivity index (χ0v) is 37.5. The molecule has 0 saturated heterocycles. The van der Waals surface area contributed by atoms with E-state index in [-0.39, 0.29) is 31.6 Å². The molecule has 10 aromatic carbocycles. The second-order valence-corrected chi connectivity index (χ2v) is 20.6. The van der Waals surface area contributed by atoms with Crippen molar-refractivity contribution in [3.8, 4) is 51.0 Å². The molecule has 0 N–H and O–H groups in total. The van der Waals surface area contributed by atoms with Crippen LogP contribution in [0.1, 0.15) is 31.5 Å². The molecule has 0 radical (unpaired) electrons. The number of hydrogen-bond acceptors (Lipinski definition) is 4. The van der Waals surface area contributed by atoms with Gasteiger partial charge in [-0.25, -0.2) is 15.0 Å². The van der Waals surface area contributed by atoms with Crippen LogP contribution in [0.5, 0.6) is 0 Å². The molecular weight excluding hydrogens is 873 g/mol. The molecule has 0 aliphatic rings.